The summed E-state index contributed by atoms with van der Waals surface area (Å²) in [6.07, 6.45) is 1.64. The number of nitrogens with one attached hydrogen (secondary N) is 4. The van der Waals surface area contributed by atoms with E-state index in [-0.39, 0.29) is 16.6 Å². The molecule has 0 aliphatic rings. The second kappa shape index (κ2) is 12.5. The van der Waals surface area contributed by atoms with Gasteiger partial charge in [0, 0.05) is 17.9 Å². The monoisotopic (exact) mass is 534 g/mol. The van der Waals surface area contributed by atoms with Crippen LogP contribution in [-0.4, -0.2) is 42.9 Å². The first-order valence-corrected chi connectivity index (χ1v) is 14.0. The van der Waals surface area contributed by atoms with Gasteiger partial charge in [0.25, 0.3) is 10.0 Å². The number of hydrogen-bond acceptors (Lipinski definition) is 9. The summed E-state index contributed by atoms with van der Waals surface area (Å²) >= 11 is 2.59. The lowest BCUT2D eigenvalue weighted by atomic mass is 10.2. The zero-order valence-corrected chi connectivity index (χ0v) is 21.6. The molecule has 186 valence electrons. The van der Waals surface area contributed by atoms with E-state index in [0.29, 0.717) is 21.7 Å². The van der Waals surface area contributed by atoms with E-state index in [9.17, 15) is 18.0 Å². The van der Waals surface area contributed by atoms with Crippen molar-refractivity contribution in [3.8, 4) is 0 Å². The maximum atomic E-state index is 12.3. The minimum absolute atomic E-state index is 0.0851. The predicted molar refractivity (Wildman–Crippen MR) is 139 cm³/mol. The third kappa shape index (κ3) is 8.23. The van der Waals surface area contributed by atoms with Crippen LogP contribution >= 0.6 is 23.1 Å². The number of urea groups is 1. The molecular weight excluding hydrogens is 508 g/mol. The van der Waals surface area contributed by atoms with Crippen molar-refractivity contribution in [2.75, 3.05) is 22.9 Å². The minimum Gasteiger partial charge on any atom is -0.337 e. The van der Waals surface area contributed by atoms with Crippen LogP contribution in [0.1, 0.15) is 25.3 Å². The summed E-state index contributed by atoms with van der Waals surface area (Å²) in [5, 5.41) is 17.2. The molecule has 35 heavy (non-hydrogen) atoms. The van der Waals surface area contributed by atoms with Gasteiger partial charge in [0.2, 0.25) is 11.0 Å². The van der Waals surface area contributed by atoms with Crippen LogP contribution in [0.4, 0.5) is 21.3 Å². The third-order valence-corrected chi connectivity index (χ3v) is 7.93. The smallest absolute Gasteiger partial charge is 0.328 e. The van der Waals surface area contributed by atoms with E-state index in [2.05, 4.69) is 26.1 Å². The normalized spacial score (nSPS) is 11.0. The third-order valence-electron chi connectivity index (χ3n) is 4.61. The van der Waals surface area contributed by atoms with Crippen LogP contribution in [0.15, 0.2) is 57.8 Å². The number of carbonyl (C=O) groups is 2. The molecule has 0 radical (unpaired) electrons. The van der Waals surface area contributed by atoms with Crippen LogP contribution in [0.3, 0.4) is 0 Å². The van der Waals surface area contributed by atoms with Gasteiger partial charge in [-0.1, -0.05) is 54.6 Å². The Morgan fingerprint density at radius 3 is 2.51 bits per heavy atom. The van der Waals surface area contributed by atoms with Crippen molar-refractivity contribution in [3.05, 3.63) is 54.1 Å². The molecule has 2 aromatic carbocycles. The number of para-hydroxylation sites is 1. The fourth-order valence-electron chi connectivity index (χ4n) is 2.78. The van der Waals surface area contributed by atoms with E-state index in [1.54, 1.807) is 0 Å². The number of unbranched alkanes of at least 4 members (excludes halogenated alkanes) is 1. The molecule has 0 saturated heterocycles. The molecule has 1 heterocycles. The molecule has 0 unspecified atom stereocenters. The summed E-state index contributed by atoms with van der Waals surface area (Å²) in [5.74, 6) is -0.166. The molecule has 13 heteroatoms. The van der Waals surface area contributed by atoms with Gasteiger partial charge in [0.15, 0.2) is 4.34 Å². The van der Waals surface area contributed by atoms with Crippen LogP contribution in [0, 0.1) is 6.92 Å². The standard InChI is InChI=1S/C22H26N6O4S3/c1-3-4-13-23-20(30)28-35(31,32)17-11-9-16(10-12-17)24-19(29)14-33-22-27-26-21(34-22)25-18-8-6-5-7-15(18)2/h5-12H,3-4,13-14H2,1-2H3,(H,24,29)(H,25,26)(H2,23,28,30). The number of benzene rings is 2. The number of aromatic nitrogens is 2. The molecule has 1 aromatic heterocycles. The molecule has 0 fully saturated rings. The van der Waals surface area contributed by atoms with Crippen LogP contribution < -0.4 is 20.7 Å². The van der Waals surface area contributed by atoms with Crippen LogP contribution in [-0.2, 0) is 14.8 Å². The molecule has 0 spiro atoms. The molecule has 3 rings (SSSR count). The number of hydrogen-bond donors (Lipinski definition) is 4. The molecule has 0 aliphatic heterocycles. The largest absolute Gasteiger partial charge is 0.337 e. The highest BCUT2D eigenvalue weighted by atomic mass is 32.2. The number of rotatable bonds is 11. The Hall–Kier alpha value is -3.16. The van der Waals surface area contributed by atoms with Gasteiger partial charge < -0.3 is 16.0 Å². The van der Waals surface area contributed by atoms with Crippen LogP contribution in [0.2, 0.25) is 0 Å². The van der Waals surface area contributed by atoms with E-state index in [1.807, 2.05) is 42.8 Å². The maximum Gasteiger partial charge on any atom is 0.328 e. The quantitative estimate of drug-likeness (QED) is 0.213. The average molecular weight is 535 g/mol. The van der Waals surface area contributed by atoms with Gasteiger partial charge in [-0.25, -0.2) is 17.9 Å². The first-order valence-electron chi connectivity index (χ1n) is 10.8. The number of thioether (sulfide) groups is 1. The fraction of sp³-hybridized carbons (Fsp3) is 0.273. The van der Waals surface area contributed by atoms with Crippen molar-refractivity contribution in [1.29, 1.82) is 0 Å². The first-order chi connectivity index (χ1) is 16.8. The topological polar surface area (TPSA) is 142 Å². The minimum atomic E-state index is -4.01. The van der Waals surface area contributed by atoms with Crippen molar-refractivity contribution in [2.45, 2.75) is 35.9 Å². The zero-order chi connectivity index (χ0) is 25.3. The van der Waals surface area contributed by atoms with Crippen molar-refractivity contribution >= 4 is 61.6 Å². The summed E-state index contributed by atoms with van der Waals surface area (Å²) in [6, 6.07) is 12.6. The van der Waals surface area contributed by atoms with E-state index in [4.69, 9.17) is 0 Å². The Labute approximate surface area is 212 Å². The molecular formula is C22H26N6O4S3. The van der Waals surface area contributed by atoms with Gasteiger partial charge in [-0.2, -0.15) is 0 Å². The summed E-state index contributed by atoms with van der Waals surface area (Å²) in [4.78, 5) is 24.0. The van der Waals surface area contributed by atoms with Crippen LogP contribution in [0.25, 0.3) is 0 Å². The van der Waals surface area contributed by atoms with E-state index in [0.717, 1.165) is 24.1 Å². The molecule has 0 bridgehead atoms. The fourth-order valence-corrected chi connectivity index (χ4v) is 5.28. The zero-order valence-electron chi connectivity index (χ0n) is 19.2. The van der Waals surface area contributed by atoms with E-state index in [1.165, 1.54) is 47.4 Å². The molecule has 0 aliphatic carbocycles. The lowest BCUT2D eigenvalue weighted by Crippen LogP contribution is -2.39. The van der Waals surface area contributed by atoms with E-state index < -0.39 is 16.1 Å². The molecule has 0 saturated carbocycles. The molecule has 4 N–H and O–H groups in total. The van der Waals surface area contributed by atoms with Gasteiger partial charge in [0.05, 0.1) is 10.6 Å². The summed E-state index contributed by atoms with van der Waals surface area (Å²) in [6.45, 7) is 4.35. The highest BCUT2D eigenvalue weighted by Gasteiger charge is 2.17. The summed E-state index contributed by atoms with van der Waals surface area (Å²) < 4.78 is 27.3. The highest BCUT2D eigenvalue weighted by molar-refractivity contribution is 8.01. The van der Waals surface area contributed by atoms with Crippen molar-refractivity contribution in [1.82, 2.24) is 20.2 Å². The summed E-state index contributed by atoms with van der Waals surface area (Å²) in [5.41, 5.74) is 2.46. The van der Waals surface area contributed by atoms with Gasteiger partial charge in [-0.05, 0) is 49.2 Å². The second-order valence-electron chi connectivity index (χ2n) is 7.39. The number of anilines is 3. The number of amides is 3. The van der Waals surface area contributed by atoms with Crippen molar-refractivity contribution < 1.29 is 18.0 Å². The van der Waals surface area contributed by atoms with Gasteiger partial charge in [0.1, 0.15) is 0 Å². The number of aryl methyl sites for hydroxylation is 1. The van der Waals surface area contributed by atoms with Crippen LogP contribution in [0.5, 0.6) is 0 Å². The van der Waals surface area contributed by atoms with Gasteiger partial charge >= 0.3 is 6.03 Å². The predicted octanol–water partition coefficient (Wildman–Crippen LogP) is 4.11. The first kappa shape index (κ1) is 26.4. The maximum absolute atomic E-state index is 12.3. The Morgan fingerprint density at radius 2 is 1.80 bits per heavy atom. The molecule has 3 aromatic rings. The Kier molecular flexibility index (Phi) is 9.46. The van der Waals surface area contributed by atoms with Crippen molar-refractivity contribution in [3.63, 3.8) is 0 Å². The van der Waals surface area contributed by atoms with Crippen molar-refractivity contribution in [2.24, 2.45) is 0 Å². The summed E-state index contributed by atoms with van der Waals surface area (Å²) in [7, 11) is -4.01. The van der Waals surface area contributed by atoms with Gasteiger partial charge in [-0.15, -0.1) is 10.2 Å². The highest BCUT2D eigenvalue weighted by Crippen LogP contribution is 2.28. The Morgan fingerprint density at radius 1 is 1.06 bits per heavy atom. The van der Waals surface area contributed by atoms with Gasteiger partial charge in [-0.3, -0.25) is 4.79 Å². The Balaban J connectivity index is 1.48. The Bertz CT molecular complexity index is 1260. The number of nitrogens with zero attached hydrogens (tertiary/aromatic N) is 2. The average Bonchev–Trinajstić information content (AvgIpc) is 3.27. The SMILES string of the molecule is CCCCNC(=O)NS(=O)(=O)c1ccc(NC(=O)CSc2nnc(Nc3ccccc3C)s2)cc1. The number of carbonyl (C=O) groups excluding carboxylic acids is 2. The van der Waals surface area contributed by atoms with E-state index >= 15 is 0 Å². The molecule has 10 nitrogen and oxygen atoms in total. The lowest BCUT2D eigenvalue weighted by Gasteiger charge is -2.09. The lowest BCUT2D eigenvalue weighted by molar-refractivity contribution is -0.113. The molecule has 0 atom stereocenters. The number of sulfonamides is 1. The molecule has 3 amide bonds. The second-order valence-corrected chi connectivity index (χ2v) is 11.3.